The van der Waals surface area contributed by atoms with E-state index in [2.05, 4.69) is 19.3 Å². The molecular formula is C18H33N. The van der Waals surface area contributed by atoms with Crippen molar-refractivity contribution in [3.8, 4) is 0 Å². The van der Waals surface area contributed by atoms with E-state index in [9.17, 15) is 0 Å². The van der Waals surface area contributed by atoms with Crippen molar-refractivity contribution in [2.24, 2.45) is 29.6 Å². The molecule has 0 heterocycles. The standard InChI is InChI=1S/C18H33N/c1-3-4-13-6-8-18(19-2)17(9-13)12-16-11-14-5-7-15(16)10-14/h13-19H,3-12H2,1-2H3. The van der Waals surface area contributed by atoms with Crippen molar-refractivity contribution in [2.45, 2.75) is 77.2 Å². The number of hydrogen-bond acceptors (Lipinski definition) is 1. The topological polar surface area (TPSA) is 12.0 Å². The molecule has 6 atom stereocenters. The molecule has 3 aliphatic rings. The Morgan fingerprint density at radius 3 is 2.47 bits per heavy atom. The molecule has 3 fully saturated rings. The largest absolute Gasteiger partial charge is 0.317 e. The molecule has 0 aromatic carbocycles. The summed E-state index contributed by atoms with van der Waals surface area (Å²) in [6.45, 7) is 2.36. The molecule has 6 unspecified atom stereocenters. The van der Waals surface area contributed by atoms with Gasteiger partial charge in [0.05, 0.1) is 0 Å². The molecule has 0 amide bonds. The first-order valence-corrected chi connectivity index (χ1v) is 8.97. The third-order valence-electron chi connectivity index (χ3n) is 6.65. The van der Waals surface area contributed by atoms with Gasteiger partial charge in [-0.2, -0.15) is 0 Å². The molecule has 0 aliphatic heterocycles. The third kappa shape index (κ3) is 3.01. The van der Waals surface area contributed by atoms with Crippen LogP contribution in [0.25, 0.3) is 0 Å². The Balaban J connectivity index is 1.56. The summed E-state index contributed by atoms with van der Waals surface area (Å²) in [5, 5.41) is 3.63. The van der Waals surface area contributed by atoms with Crippen LogP contribution >= 0.6 is 0 Å². The fourth-order valence-corrected chi connectivity index (χ4v) is 5.73. The molecule has 0 radical (unpaired) electrons. The summed E-state index contributed by atoms with van der Waals surface area (Å²) in [6, 6.07) is 0.826. The molecule has 110 valence electrons. The first kappa shape index (κ1) is 13.9. The molecule has 0 aromatic heterocycles. The molecule has 3 saturated carbocycles. The molecule has 0 spiro atoms. The average molecular weight is 263 g/mol. The quantitative estimate of drug-likeness (QED) is 0.763. The van der Waals surface area contributed by atoms with Gasteiger partial charge in [0.2, 0.25) is 0 Å². The van der Waals surface area contributed by atoms with Crippen LogP contribution in [0.5, 0.6) is 0 Å². The van der Waals surface area contributed by atoms with Crippen molar-refractivity contribution in [1.29, 1.82) is 0 Å². The Bertz CT molecular complexity index is 287. The predicted octanol–water partition coefficient (Wildman–Crippen LogP) is 4.62. The molecule has 2 bridgehead atoms. The van der Waals surface area contributed by atoms with E-state index >= 15 is 0 Å². The minimum Gasteiger partial charge on any atom is -0.317 e. The second kappa shape index (κ2) is 6.16. The van der Waals surface area contributed by atoms with Crippen LogP contribution in [0.3, 0.4) is 0 Å². The molecule has 3 rings (SSSR count). The minimum absolute atomic E-state index is 0.826. The molecule has 0 saturated heterocycles. The van der Waals surface area contributed by atoms with Crippen LogP contribution in [-0.2, 0) is 0 Å². The van der Waals surface area contributed by atoms with Gasteiger partial charge in [0.25, 0.3) is 0 Å². The van der Waals surface area contributed by atoms with Crippen LogP contribution in [-0.4, -0.2) is 13.1 Å². The van der Waals surface area contributed by atoms with Crippen molar-refractivity contribution in [3.63, 3.8) is 0 Å². The Hall–Kier alpha value is -0.0400. The first-order chi connectivity index (χ1) is 9.30. The van der Waals surface area contributed by atoms with Gasteiger partial charge in [-0.05, 0) is 81.6 Å². The van der Waals surface area contributed by atoms with E-state index in [1.807, 2.05) is 0 Å². The number of nitrogens with one attached hydrogen (secondary N) is 1. The monoisotopic (exact) mass is 263 g/mol. The van der Waals surface area contributed by atoms with E-state index in [1.54, 1.807) is 32.1 Å². The van der Waals surface area contributed by atoms with Crippen LogP contribution in [0.15, 0.2) is 0 Å². The first-order valence-electron chi connectivity index (χ1n) is 8.97. The second-order valence-corrected chi connectivity index (χ2v) is 7.79. The van der Waals surface area contributed by atoms with Crippen LogP contribution < -0.4 is 5.32 Å². The van der Waals surface area contributed by atoms with Gasteiger partial charge in [-0.25, -0.2) is 0 Å². The number of rotatable bonds is 5. The van der Waals surface area contributed by atoms with Crippen molar-refractivity contribution in [1.82, 2.24) is 5.32 Å². The Morgan fingerprint density at radius 1 is 0.947 bits per heavy atom. The summed E-state index contributed by atoms with van der Waals surface area (Å²) < 4.78 is 0. The Labute approximate surface area is 119 Å². The lowest BCUT2D eigenvalue weighted by Crippen LogP contribution is -2.40. The van der Waals surface area contributed by atoms with Gasteiger partial charge in [-0.3, -0.25) is 0 Å². The maximum absolute atomic E-state index is 3.63. The van der Waals surface area contributed by atoms with Gasteiger partial charge in [-0.15, -0.1) is 0 Å². The van der Waals surface area contributed by atoms with Crippen LogP contribution in [0.2, 0.25) is 0 Å². The SMILES string of the molecule is CCCC1CCC(NC)C(CC2CC3CCC2C3)C1. The van der Waals surface area contributed by atoms with Crippen LogP contribution in [0.4, 0.5) is 0 Å². The predicted molar refractivity (Wildman–Crippen MR) is 82.1 cm³/mol. The fourth-order valence-electron chi connectivity index (χ4n) is 5.73. The molecule has 1 N–H and O–H groups in total. The van der Waals surface area contributed by atoms with Crippen LogP contribution in [0, 0.1) is 29.6 Å². The highest BCUT2D eigenvalue weighted by molar-refractivity contribution is 4.93. The summed E-state index contributed by atoms with van der Waals surface area (Å²) in [4.78, 5) is 0. The van der Waals surface area contributed by atoms with E-state index in [-0.39, 0.29) is 0 Å². The molecule has 0 aromatic rings. The summed E-state index contributed by atoms with van der Waals surface area (Å²) in [6.07, 6.45) is 15.1. The van der Waals surface area contributed by atoms with Gasteiger partial charge in [0.1, 0.15) is 0 Å². The Morgan fingerprint density at radius 2 is 1.84 bits per heavy atom. The smallest absolute Gasteiger partial charge is 0.00926 e. The van der Waals surface area contributed by atoms with E-state index in [1.165, 1.54) is 32.1 Å². The summed E-state index contributed by atoms with van der Waals surface area (Å²) in [5.41, 5.74) is 0. The van der Waals surface area contributed by atoms with Crippen molar-refractivity contribution in [3.05, 3.63) is 0 Å². The van der Waals surface area contributed by atoms with Gasteiger partial charge in [0, 0.05) is 6.04 Å². The van der Waals surface area contributed by atoms with Crippen molar-refractivity contribution < 1.29 is 0 Å². The molecule has 1 heteroatoms. The molecular weight excluding hydrogens is 230 g/mol. The highest BCUT2D eigenvalue weighted by Crippen LogP contribution is 2.51. The molecule has 1 nitrogen and oxygen atoms in total. The maximum atomic E-state index is 3.63. The zero-order valence-corrected chi connectivity index (χ0v) is 13.0. The maximum Gasteiger partial charge on any atom is 0.00926 e. The van der Waals surface area contributed by atoms with E-state index in [0.29, 0.717) is 0 Å². The van der Waals surface area contributed by atoms with Crippen molar-refractivity contribution >= 4 is 0 Å². The lowest BCUT2D eigenvalue weighted by atomic mass is 9.71. The van der Waals surface area contributed by atoms with Gasteiger partial charge < -0.3 is 5.32 Å². The zero-order valence-electron chi connectivity index (χ0n) is 13.0. The third-order valence-corrected chi connectivity index (χ3v) is 6.65. The van der Waals surface area contributed by atoms with Crippen LogP contribution in [0.1, 0.15) is 71.1 Å². The van der Waals surface area contributed by atoms with Gasteiger partial charge >= 0.3 is 0 Å². The summed E-state index contributed by atoms with van der Waals surface area (Å²) >= 11 is 0. The zero-order chi connectivity index (χ0) is 13.2. The van der Waals surface area contributed by atoms with E-state index in [0.717, 1.165) is 35.6 Å². The van der Waals surface area contributed by atoms with E-state index < -0.39 is 0 Å². The molecule has 19 heavy (non-hydrogen) atoms. The Kier molecular flexibility index (Phi) is 4.51. The lowest BCUT2D eigenvalue weighted by molar-refractivity contribution is 0.153. The van der Waals surface area contributed by atoms with Gasteiger partial charge in [-0.1, -0.05) is 26.2 Å². The van der Waals surface area contributed by atoms with E-state index in [4.69, 9.17) is 0 Å². The summed E-state index contributed by atoms with van der Waals surface area (Å²) in [7, 11) is 2.19. The summed E-state index contributed by atoms with van der Waals surface area (Å²) in [5.74, 6) is 5.37. The lowest BCUT2D eigenvalue weighted by Gasteiger charge is -2.38. The average Bonchev–Trinajstić information content (AvgIpc) is 3.02. The normalized spacial score (nSPS) is 45.8. The highest BCUT2D eigenvalue weighted by Gasteiger charge is 2.41. The second-order valence-electron chi connectivity index (χ2n) is 7.79. The highest BCUT2D eigenvalue weighted by atomic mass is 14.9. The number of fused-ring (bicyclic) bond motifs is 2. The fraction of sp³-hybridized carbons (Fsp3) is 1.00. The number of hydrogen-bond donors (Lipinski definition) is 1. The van der Waals surface area contributed by atoms with Crippen molar-refractivity contribution in [2.75, 3.05) is 7.05 Å². The minimum atomic E-state index is 0.826. The molecule has 3 aliphatic carbocycles. The van der Waals surface area contributed by atoms with Gasteiger partial charge in [0.15, 0.2) is 0 Å².